The number of alkyl halides is 3. The smallest absolute Gasteiger partial charge is 0.360 e. The summed E-state index contributed by atoms with van der Waals surface area (Å²) in [4.78, 5) is 14.7. The molecule has 2 aliphatic rings. The van der Waals surface area contributed by atoms with Crippen LogP contribution in [0.2, 0.25) is 0 Å². The molecule has 1 aliphatic carbocycles. The van der Waals surface area contributed by atoms with Crippen molar-refractivity contribution < 1.29 is 22.5 Å². The van der Waals surface area contributed by atoms with Gasteiger partial charge < -0.3 is 9.42 Å². The number of aromatic nitrogens is 3. The number of hydrogen-bond donors (Lipinski definition) is 0. The highest BCUT2D eigenvalue weighted by Gasteiger charge is 2.38. The van der Waals surface area contributed by atoms with Gasteiger partial charge in [0.15, 0.2) is 11.4 Å². The minimum absolute atomic E-state index is 0.224. The lowest BCUT2D eigenvalue weighted by Gasteiger charge is -2.29. The number of nitrogens with zero attached hydrogens (tertiary/aromatic N) is 4. The van der Waals surface area contributed by atoms with E-state index in [1.807, 2.05) is 0 Å². The maximum Gasteiger partial charge on any atom is 0.435 e. The molecule has 1 saturated heterocycles. The third-order valence-electron chi connectivity index (χ3n) is 5.29. The van der Waals surface area contributed by atoms with Gasteiger partial charge >= 0.3 is 6.18 Å². The number of likely N-dealkylation sites (tertiary alicyclic amines) is 1. The first-order valence-electron chi connectivity index (χ1n) is 9.23. The second-order valence-electron chi connectivity index (χ2n) is 7.33. The molecule has 0 spiro atoms. The molecule has 6 nitrogen and oxygen atoms in total. The second-order valence-corrected chi connectivity index (χ2v) is 7.33. The Hall–Kier alpha value is -2.32. The molecule has 2 aromatic rings. The molecule has 2 aromatic heterocycles. The van der Waals surface area contributed by atoms with Crippen LogP contribution in [0.1, 0.15) is 78.1 Å². The molecule has 1 saturated carbocycles. The van der Waals surface area contributed by atoms with Crippen LogP contribution in [0.25, 0.3) is 0 Å². The van der Waals surface area contributed by atoms with Crippen molar-refractivity contribution >= 4 is 5.91 Å². The van der Waals surface area contributed by atoms with Crippen molar-refractivity contribution in [3.63, 3.8) is 0 Å². The summed E-state index contributed by atoms with van der Waals surface area (Å²) in [6.07, 6.45) is 0.717. The van der Waals surface area contributed by atoms with Crippen molar-refractivity contribution in [3.8, 4) is 0 Å². The standard InChI is InChI=1S/C18H21F3N4O2/c1-24-14(10-16(22-24)18(19,20)21)13-5-3-2-4-8-25(13)17(26)12-9-15(27-23-12)11-6-7-11/h9-11,13H,2-8H2,1H3. The fourth-order valence-electron chi connectivity index (χ4n) is 3.69. The fraction of sp³-hybridized carbons (Fsp3) is 0.611. The zero-order chi connectivity index (χ0) is 19.2. The highest BCUT2D eigenvalue weighted by molar-refractivity contribution is 5.92. The topological polar surface area (TPSA) is 64.2 Å². The molecule has 0 N–H and O–H groups in total. The van der Waals surface area contributed by atoms with Crippen molar-refractivity contribution in [1.29, 1.82) is 0 Å². The average Bonchev–Trinajstić information content (AvgIpc) is 3.29. The summed E-state index contributed by atoms with van der Waals surface area (Å²) < 4.78 is 45.7. The molecular weight excluding hydrogens is 361 g/mol. The lowest BCUT2D eigenvalue weighted by molar-refractivity contribution is -0.141. The zero-order valence-corrected chi connectivity index (χ0v) is 15.0. The summed E-state index contributed by atoms with van der Waals surface area (Å²) in [5.41, 5.74) is -0.320. The van der Waals surface area contributed by atoms with E-state index in [0.29, 0.717) is 30.3 Å². The number of carbonyl (C=O) groups is 1. The van der Waals surface area contributed by atoms with Gasteiger partial charge in [-0.1, -0.05) is 18.0 Å². The Morgan fingerprint density at radius 1 is 1.19 bits per heavy atom. The number of hydrogen-bond acceptors (Lipinski definition) is 4. The highest BCUT2D eigenvalue weighted by atomic mass is 19.4. The summed E-state index contributed by atoms with van der Waals surface area (Å²) >= 11 is 0. The van der Waals surface area contributed by atoms with Crippen LogP contribution < -0.4 is 0 Å². The Morgan fingerprint density at radius 3 is 2.63 bits per heavy atom. The summed E-state index contributed by atoms with van der Waals surface area (Å²) in [5, 5.41) is 7.52. The zero-order valence-electron chi connectivity index (χ0n) is 15.0. The van der Waals surface area contributed by atoms with Crippen molar-refractivity contribution in [2.24, 2.45) is 7.05 Å². The Bertz CT molecular complexity index is 838. The van der Waals surface area contributed by atoms with Crippen molar-refractivity contribution in [1.82, 2.24) is 19.8 Å². The SMILES string of the molecule is Cn1nc(C(F)(F)F)cc1C1CCCCCN1C(=O)c1cc(C2CC2)on1. The fourth-order valence-corrected chi connectivity index (χ4v) is 3.69. The Kier molecular flexibility index (Phi) is 4.47. The minimum atomic E-state index is -4.51. The van der Waals surface area contributed by atoms with Crippen molar-refractivity contribution in [3.05, 3.63) is 35.0 Å². The molecule has 146 valence electrons. The molecule has 1 aliphatic heterocycles. The van der Waals surface area contributed by atoms with Crippen molar-refractivity contribution in [2.45, 2.75) is 56.7 Å². The third kappa shape index (κ3) is 3.59. The van der Waals surface area contributed by atoms with E-state index in [-0.39, 0.29) is 11.6 Å². The average molecular weight is 382 g/mol. The quantitative estimate of drug-likeness (QED) is 0.803. The van der Waals surface area contributed by atoms with E-state index >= 15 is 0 Å². The number of amides is 1. The summed E-state index contributed by atoms with van der Waals surface area (Å²) in [6.45, 7) is 0.474. The van der Waals surface area contributed by atoms with E-state index < -0.39 is 17.9 Å². The molecular formula is C18H21F3N4O2. The van der Waals surface area contributed by atoms with E-state index in [0.717, 1.165) is 38.2 Å². The first-order chi connectivity index (χ1) is 12.8. The molecule has 9 heteroatoms. The van der Waals surface area contributed by atoms with Crippen LogP contribution in [0, 0.1) is 0 Å². The van der Waals surface area contributed by atoms with Gasteiger partial charge in [-0.15, -0.1) is 0 Å². The van der Waals surface area contributed by atoms with Crippen LogP contribution in [-0.4, -0.2) is 32.3 Å². The maximum absolute atomic E-state index is 13.1. The maximum atomic E-state index is 13.1. The first kappa shape index (κ1) is 18.1. The van der Waals surface area contributed by atoms with Gasteiger partial charge in [-0.05, 0) is 31.7 Å². The molecule has 0 radical (unpaired) electrons. The first-order valence-corrected chi connectivity index (χ1v) is 9.23. The van der Waals surface area contributed by atoms with Crippen LogP contribution in [-0.2, 0) is 13.2 Å². The Balaban J connectivity index is 1.64. The predicted molar refractivity (Wildman–Crippen MR) is 88.9 cm³/mol. The summed E-state index contributed by atoms with van der Waals surface area (Å²) in [6, 6.07) is 2.26. The van der Waals surface area contributed by atoms with Gasteiger partial charge in [0, 0.05) is 25.6 Å². The predicted octanol–water partition coefficient (Wildman–Crippen LogP) is 4.06. The monoisotopic (exact) mass is 382 g/mol. The lowest BCUT2D eigenvalue weighted by Crippen LogP contribution is -2.36. The van der Waals surface area contributed by atoms with Gasteiger partial charge in [0.25, 0.3) is 5.91 Å². The normalized spacial score (nSPS) is 21.3. The molecule has 1 unspecified atom stereocenters. The van der Waals surface area contributed by atoms with Crippen LogP contribution in [0.5, 0.6) is 0 Å². The van der Waals surface area contributed by atoms with Crippen LogP contribution >= 0.6 is 0 Å². The van der Waals surface area contributed by atoms with E-state index in [1.54, 1.807) is 11.0 Å². The Morgan fingerprint density at radius 2 is 1.96 bits per heavy atom. The minimum Gasteiger partial charge on any atom is -0.360 e. The van der Waals surface area contributed by atoms with Gasteiger partial charge in [-0.2, -0.15) is 18.3 Å². The van der Waals surface area contributed by atoms with E-state index in [2.05, 4.69) is 10.3 Å². The van der Waals surface area contributed by atoms with Crippen LogP contribution in [0.4, 0.5) is 13.2 Å². The molecule has 0 bridgehead atoms. The number of aryl methyl sites for hydroxylation is 1. The van der Waals surface area contributed by atoms with Gasteiger partial charge in [-0.25, -0.2) is 0 Å². The molecule has 27 heavy (non-hydrogen) atoms. The summed E-state index contributed by atoms with van der Waals surface area (Å²) in [7, 11) is 1.49. The highest BCUT2D eigenvalue weighted by Crippen LogP contribution is 2.41. The van der Waals surface area contributed by atoms with E-state index in [1.165, 1.54) is 11.7 Å². The van der Waals surface area contributed by atoms with Gasteiger partial charge in [0.1, 0.15) is 5.76 Å². The molecule has 1 atom stereocenters. The van der Waals surface area contributed by atoms with Crippen LogP contribution in [0.3, 0.4) is 0 Å². The number of halogens is 3. The molecule has 2 fully saturated rings. The van der Waals surface area contributed by atoms with Gasteiger partial charge in [-0.3, -0.25) is 9.48 Å². The van der Waals surface area contributed by atoms with E-state index in [9.17, 15) is 18.0 Å². The Labute approximate surface area is 154 Å². The molecule has 1 amide bonds. The third-order valence-corrected chi connectivity index (χ3v) is 5.29. The second kappa shape index (κ2) is 6.69. The molecule has 0 aromatic carbocycles. The van der Waals surface area contributed by atoms with Crippen molar-refractivity contribution in [2.75, 3.05) is 6.54 Å². The molecule has 3 heterocycles. The molecule has 4 rings (SSSR count). The van der Waals surface area contributed by atoms with E-state index in [4.69, 9.17) is 4.52 Å². The number of rotatable bonds is 3. The largest absolute Gasteiger partial charge is 0.435 e. The summed E-state index contributed by atoms with van der Waals surface area (Å²) in [5.74, 6) is 0.752. The number of carbonyl (C=O) groups excluding carboxylic acids is 1. The van der Waals surface area contributed by atoms with Gasteiger partial charge in [0.05, 0.1) is 11.7 Å². The van der Waals surface area contributed by atoms with Gasteiger partial charge in [0.2, 0.25) is 0 Å². The van der Waals surface area contributed by atoms with Crippen LogP contribution in [0.15, 0.2) is 16.7 Å². The lowest BCUT2D eigenvalue weighted by atomic mass is 10.1.